The van der Waals surface area contributed by atoms with Gasteiger partial charge in [-0.15, -0.1) is 5.92 Å². The van der Waals surface area contributed by atoms with E-state index in [0.717, 1.165) is 0 Å². The third kappa shape index (κ3) is 2.96. The van der Waals surface area contributed by atoms with E-state index in [9.17, 15) is 5.11 Å². The minimum atomic E-state index is -0.128. The van der Waals surface area contributed by atoms with Gasteiger partial charge in [0.25, 0.3) is 0 Å². The highest BCUT2D eigenvalue weighted by molar-refractivity contribution is 5.40. The molecule has 0 aromatic carbocycles. The summed E-state index contributed by atoms with van der Waals surface area (Å²) in [6.07, 6.45) is 1.58. The lowest BCUT2D eigenvalue weighted by Gasteiger charge is -2.11. The lowest BCUT2D eigenvalue weighted by molar-refractivity contribution is 0.278. The van der Waals surface area contributed by atoms with Gasteiger partial charge in [-0.2, -0.15) is 0 Å². The minimum Gasteiger partial charge on any atom is -0.506 e. The number of nitrogens with zero attached hydrogens (tertiary/aromatic N) is 1. The SMILES string of the molecule is CC#CCNCc1c(CO)cnc(C)c1O. The number of nitrogens with one attached hydrogen (secondary N) is 1. The Labute approximate surface area is 95.3 Å². The molecule has 0 atom stereocenters. The summed E-state index contributed by atoms with van der Waals surface area (Å²) < 4.78 is 0. The molecule has 1 aromatic rings. The van der Waals surface area contributed by atoms with Crippen LogP contribution in [0.25, 0.3) is 0 Å². The van der Waals surface area contributed by atoms with Gasteiger partial charge < -0.3 is 15.5 Å². The molecule has 0 amide bonds. The first-order valence-electron chi connectivity index (χ1n) is 5.08. The first-order chi connectivity index (χ1) is 7.70. The van der Waals surface area contributed by atoms with E-state index in [1.807, 2.05) is 0 Å². The van der Waals surface area contributed by atoms with Gasteiger partial charge in [-0.1, -0.05) is 5.92 Å². The minimum absolute atomic E-state index is 0.128. The number of aromatic nitrogens is 1. The number of rotatable bonds is 4. The van der Waals surface area contributed by atoms with E-state index in [0.29, 0.717) is 29.9 Å². The molecule has 0 radical (unpaired) electrons. The fraction of sp³-hybridized carbons (Fsp3) is 0.417. The van der Waals surface area contributed by atoms with Crippen LogP contribution in [0.2, 0.25) is 0 Å². The average Bonchev–Trinajstić information content (AvgIpc) is 2.30. The second kappa shape index (κ2) is 6.11. The summed E-state index contributed by atoms with van der Waals surface area (Å²) in [5, 5.41) is 22.0. The fourth-order valence-electron chi connectivity index (χ4n) is 1.36. The van der Waals surface area contributed by atoms with Gasteiger partial charge in [0.2, 0.25) is 0 Å². The molecule has 0 saturated carbocycles. The zero-order chi connectivity index (χ0) is 12.0. The Kier molecular flexibility index (Phi) is 4.77. The molecule has 4 nitrogen and oxygen atoms in total. The summed E-state index contributed by atoms with van der Waals surface area (Å²) >= 11 is 0. The fourth-order valence-corrected chi connectivity index (χ4v) is 1.36. The average molecular weight is 220 g/mol. The molecule has 86 valence electrons. The first kappa shape index (κ1) is 12.5. The van der Waals surface area contributed by atoms with Crippen molar-refractivity contribution >= 4 is 0 Å². The van der Waals surface area contributed by atoms with Crippen molar-refractivity contribution in [2.24, 2.45) is 0 Å². The Morgan fingerprint density at radius 1 is 1.50 bits per heavy atom. The highest BCUT2D eigenvalue weighted by Crippen LogP contribution is 2.23. The van der Waals surface area contributed by atoms with E-state index in [1.165, 1.54) is 0 Å². The van der Waals surface area contributed by atoms with Gasteiger partial charge in [0.15, 0.2) is 0 Å². The Morgan fingerprint density at radius 2 is 2.25 bits per heavy atom. The third-order valence-electron chi connectivity index (χ3n) is 2.29. The topological polar surface area (TPSA) is 65.4 Å². The number of pyridine rings is 1. The zero-order valence-corrected chi connectivity index (χ0v) is 9.54. The summed E-state index contributed by atoms with van der Waals surface area (Å²) in [6, 6.07) is 0. The van der Waals surface area contributed by atoms with E-state index in [-0.39, 0.29) is 12.4 Å². The van der Waals surface area contributed by atoms with Crippen LogP contribution in [-0.4, -0.2) is 21.7 Å². The van der Waals surface area contributed by atoms with Crippen molar-refractivity contribution in [3.63, 3.8) is 0 Å². The molecular weight excluding hydrogens is 204 g/mol. The van der Waals surface area contributed by atoms with Crippen molar-refractivity contribution in [2.75, 3.05) is 6.54 Å². The second-order valence-corrected chi connectivity index (χ2v) is 3.38. The van der Waals surface area contributed by atoms with Gasteiger partial charge in [0.1, 0.15) is 5.75 Å². The molecule has 1 aromatic heterocycles. The summed E-state index contributed by atoms with van der Waals surface area (Å²) in [5.74, 6) is 5.78. The van der Waals surface area contributed by atoms with Crippen LogP contribution in [0.3, 0.4) is 0 Å². The predicted molar refractivity (Wildman–Crippen MR) is 61.7 cm³/mol. The van der Waals surface area contributed by atoms with Gasteiger partial charge in [-0.05, 0) is 13.8 Å². The first-order valence-corrected chi connectivity index (χ1v) is 5.08. The van der Waals surface area contributed by atoms with E-state index in [2.05, 4.69) is 22.1 Å². The number of hydrogen-bond donors (Lipinski definition) is 3. The molecule has 0 aliphatic rings. The third-order valence-corrected chi connectivity index (χ3v) is 2.29. The van der Waals surface area contributed by atoms with Crippen molar-refractivity contribution in [3.05, 3.63) is 23.0 Å². The number of aryl methyl sites for hydroxylation is 1. The monoisotopic (exact) mass is 220 g/mol. The van der Waals surface area contributed by atoms with Crippen LogP contribution in [0.1, 0.15) is 23.7 Å². The zero-order valence-electron chi connectivity index (χ0n) is 9.54. The molecule has 0 saturated heterocycles. The second-order valence-electron chi connectivity index (χ2n) is 3.38. The van der Waals surface area contributed by atoms with Crippen LogP contribution in [0.5, 0.6) is 5.75 Å². The Balaban J connectivity index is 2.82. The maximum atomic E-state index is 9.82. The molecular formula is C12H16N2O2. The van der Waals surface area contributed by atoms with Crippen LogP contribution in [-0.2, 0) is 13.2 Å². The van der Waals surface area contributed by atoms with Crippen molar-refractivity contribution in [1.29, 1.82) is 0 Å². The summed E-state index contributed by atoms with van der Waals surface area (Å²) in [4.78, 5) is 3.99. The van der Waals surface area contributed by atoms with Gasteiger partial charge in [-0.3, -0.25) is 4.98 Å². The highest BCUT2D eigenvalue weighted by Gasteiger charge is 2.10. The van der Waals surface area contributed by atoms with Crippen LogP contribution in [0.15, 0.2) is 6.20 Å². The Hall–Kier alpha value is -1.57. The van der Waals surface area contributed by atoms with Crippen molar-refractivity contribution in [2.45, 2.75) is 27.0 Å². The Bertz CT molecular complexity index is 419. The molecule has 0 aliphatic carbocycles. The molecule has 0 aliphatic heterocycles. The molecule has 0 bridgehead atoms. The molecule has 3 N–H and O–H groups in total. The molecule has 1 rings (SSSR count). The van der Waals surface area contributed by atoms with Crippen LogP contribution >= 0.6 is 0 Å². The summed E-state index contributed by atoms with van der Waals surface area (Å²) in [6.45, 7) is 4.40. The standard InChI is InChI=1S/C12H16N2O2/c1-3-4-5-13-7-11-10(8-15)6-14-9(2)12(11)16/h6,13,15-16H,5,7-8H2,1-2H3. The quantitative estimate of drug-likeness (QED) is 0.516. The number of aliphatic hydroxyl groups is 1. The van der Waals surface area contributed by atoms with E-state index < -0.39 is 0 Å². The van der Waals surface area contributed by atoms with Gasteiger partial charge in [0.05, 0.1) is 18.8 Å². The summed E-state index contributed by atoms with van der Waals surface area (Å²) in [5.41, 5.74) is 1.89. The molecule has 1 heterocycles. The van der Waals surface area contributed by atoms with Crippen molar-refractivity contribution < 1.29 is 10.2 Å². The number of aliphatic hydroxyl groups excluding tert-OH is 1. The number of hydrogen-bond acceptors (Lipinski definition) is 4. The smallest absolute Gasteiger partial charge is 0.141 e. The van der Waals surface area contributed by atoms with Crippen molar-refractivity contribution in [3.8, 4) is 17.6 Å². The normalized spacial score (nSPS) is 9.69. The maximum Gasteiger partial charge on any atom is 0.141 e. The van der Waals surface area contributed by atoms with Gasteiger partial charge in [-0.25, -0.2) is 0 Å². The van der Waals surface area contributed by atoms with Crippen LogP contribution in [0, 0.1) is 18.8 Å². The van der Waals surface area contributed by atoms with E-state index >= 15 is 0 Å². The Morgan fingerprint density at radius 3 is 2.88 bits per heavy atom. The van der Waals surface area contributed by atoms with Crippen molar-refractivity contribution in [1.82, 2.24) is 10.3 Å². The lowest BCUT2D eigenvalue weighted by Crippen LogP contribution is -2.15. The lowest BCUT2D eigenvalue weighted by atomic mass is 10.1. The highest BCUT2D eigenvalue weighted by atomic mass is 16.3. The molecule has 0 spiro atoms. The number of aromatic hydroxyl groups is 1. The summed E-state index contributed by atoms with van der Waals surface area (Å²) in [7, 11) is 0. The van der Waals surface area contributed by atoms with Gasteiger partial charge >= 0.3 is 0 Å². The van der Waals surface area contributed by atoms with E-state index in [1.54, 1.807) is 20.0 Å². The van der Waals surface area contributed by atoms with Crippen LogP contribution in [0.4, 0.5) is 0 Å². The predicted octanol–water partition coefficient (Wildman–Crippen LogP) is 0.701. The molecule has 0 unspecified atom stereocenters. The molecule has 0 fully saturated rings. The molecule has 16 heavy (non-hydrogen) atoms. The maximum absolute atomic E-state index is 9.82. The largest absolute Gasteiger partial charge is 0.506 e. The van der Waals surface area contributed by atoms with Crippen LogP contribution < -0.4 is 5.32 Å². The van der Waals surface area contributed by atoms with Gasteiger partial charge in [0, 0.05) is 23.9 Å². The van der Waals surface area contributed by atoms with E-state index in [4.69, 9.17) is 5.11 Å². The molecule has 4 heteroatoms.